The molecule has 0 aliphatic rings. The number of nitrogens with zero attached hydrogens (tertiary/aromatic N) is 1. The molecule has 1 amide bonds. The molecule has 0 heterocycles. The molecule has 0 saturated carbocycles. The van der Waals surface area contributed by atoms with E-state index in [0.717, 1.165) is 12.0 Å². The van der Waals surface area contributed by atoms with Gasteiger partial charge < -0.3 is 5.32 Å². The van der Waals surface area contributed by atoms with Gasteiger partial charge in [0.15, 0.2) is 0 Å². The van der Waals surface area contributed by atoms with Crippen LogP contribution in [0, 0.1) is 17.2 Å². The van der Waals surface area contributed by atoms with Crippen LogP contribution in [-0.4, -0.2) is 5.91 Å². The Morgan fingerprint density at radius 3 is 2.53 bits per heavy atom. The Kier molecular flexibility index (Phi) is 5.22. The third-order valence-corrected chi connectivity index (χ3v) is 2.52. The van der Waals surface area contributed by atoms with E-state index >= 15 is 0 Å². The summed E-state index contributed by atoms with van der Waals surface area (Å²) >= 11 is 0. The highest BCUT2D eigenvalue weighted by Crippen LogP contribution is 2.05. The number of hydrogen-bond acceptors (Lipinski definition) is 2. The Bertz CT molecular complexity index is 401. The third kappa shape index (κ3) is 5.17. The monoisotopic (exact) mass is 230 g/mol. The summed E-state index contributed by atoms with van der Waals surface area (Å²) in [5.74, 6) is 0.638. The number of nitriles is 1. The summed E-state index contributed by atoms with van der Waals surface area (Å²) in [5.41, 5.74) is 1.65. The van der Waals surface area contributed by atoms with Crippen molar-refractivity contribution in [2.45, 2.75) is 33.2 Å². The van der Waals surface area contributed by atoms with Gasteiger partial charge in [-0.25, -0.2) is 0 Å². The largest absolute Gasteiger partial charge is 0.352 e. The highest BCUT2D eigenvalue weighted by Gasteiger charge is 2.03. The van der Waals surface area contributed by atoms with Crippen molar-refractivity contribution in [1.29, 1.82) is 5.26 Å². The van der Waals surface area contributed by atoms with E-state index in [1.807, 2.05) is 12.1 Å². The van der Waals surface area contributed by atoms with Gasteiger partial charge in [-0.05, 0) is 30.0 Å². The molecule has 0 radical (unpaired) electrons. The van der Waals surface area contributed by atoms with Crippen molar-refractivity contribution >= 4 is 5.91 Å². The normalized spacial score (nSPS) is 10.0. The molecule has 3 nitrogen and oxygen atoms in total. The first-order valence-electron chi connectivity index (χ1n) is 5.87. The van der Waals surface area contributed by atoms with Gasteiger partial charge >= 0.3 is 0 Å². The first kappa shape index (κ1) is 13.2. The number of hydrogen-bond donors (Lipinski definition) is 1. The van der Waals surface area contributed by atoms with Crippen molar-refractivity contribution in [3.63, 3.8) is 0 Å². The lowest BCUT2D eigenvalue weighted by atomic mass is 10.1. The van der Waals surface area contributed by atoms with E-state index in [1.54, 1.807) is 12.1 Å². The van der Waals surface area contributed by atoms with Crippen molar-refractivity contribution in [3.8, 4) is 6.07 Å². The summed E-state index contributed by atoms with van der Waals surface area (Å²) in [6.07, 6.45) is 1.49. The Hall–Kier alpha value is -1.82. The van der Waals surface area contributed by atoms with Crippen LogP contribution < -0.4 is 5.32 Å². The van der Waals surface area contributed by atoms with E-state index in [-0.39, 0.29) is 5.91 Å². The Balaban J connectivity index is 2.35. The third-order valence-electron chi connectivity index (χ3n) is 2.52. The van der Waals surface area contributed by atoms with Crippen molar-refractivity contribution in [3.05, 3.63) is 35.4 Å². The SMILES string of the molecule is CC(C)CCC(=O)NCc1ccc(C#N)cc1. The average Bonchev–Trinajstić information content (AvgIpc) is 2.34. The van der Waals surface area contributed by atoms with Gasteiger partial charge in [-0.1, -0.05) is 26.0 Å². The van der Waals surface area contributed by atoms with Gasteiger partial charge in [-0.2, -0.15) is 5.26 Å². The number of amides is 1. The van der Waals surface area contributed by atoms with Gasteiger partial charge in [0, 0.05) is 13.0 Å². The topological polar surface area (TPSA) is 52.9 Å². The minimum absolute atomic E-state index is 0.0862. The highest BCUT2D eigenvalue weighted by molar-refractivity contribution is 5.75. The van der Waals surface area contributed by atoms with Crippen LogP contribution in [0.4, 0.5) is 0 Å². The average molecular weight is 230 g/mol. The van der Waals surface area contributed by atoms with Gasteiger partial charge in [0.05, 0.1) is 11.6 Å². The molecule has 0 atom stereocenters. The molecule has 0 aliphatic heterocycles. The van der Waals surface area contributed by atoms with Gasteiger partial charge in [-0.3, -0.25) is 4.79 Å². The summed E-state index contributed by atoms with van der Waals surface area (Å²) in [7, 11) is 0. The second-order valence-corrected chi connectivity index (χ2v) is 4.52. The zero-order valence-electron chi connectivity index (χ0n) is 10.4. The molecular weight excluding hydrogens is 212 g/mol. The van der Waals surface area contributed by atoms with Crippen LogP contribution in [0.5, 0.6) is 0 Å². The Labute approximate surface area is 102 Å². The van der Waals surface area contributed by atoms with E-state index < -0.39 is 0 Å². The number of carbonyl (C=O) groups excluding carboxylic acids is 1. The van der Waals surface area contributed by atoms with Crippen molar-refractivity contribution in [1.82, 2.24) is 5.32 Å². The molecule has 0 unspecified atom stereocenters. The Morgan fingerprint density at radius 2 is 2.00 bits per heavy atom. The predicted molar refractivity (Wildman–Crippen MR) is 67.1 cm³/mol. The number of carbonyl (C=O) groups is 1. The van der Waals surface area contributed by atoms with Crippen molar-refractivity contribution < 1.29 is 4.79 Å². The standard InChI is InChI=1S/C14H18N2O/c1-11(2)3-8-14(17)16-10-13-6-4-12(9-15)5-7-13/h4-7,11H,3,8,10H2,1-2H3,(H,16,17). The molecule has 1 aromatic carbocycles. The van der Waals surface area contributed by atoms with Crippen molar-refractivity contribution in [2.75, 3.05) is 0 Å². The highest BCUT2D eigenvalue weighted by atomic mass is 16.1. The fourth-order valence-corrected chi connectivity index (χ4v) is 1.41. The van der Waals surface area contributed by atoms with Crippen LogP contribution in [0.1, 0.15) is 37.8 Å². The van der Waals surface area contributed by atoms with Crippen LogP contribution >= 0.6 is 0 Å². The van der Waals surface area contributed by atoms with E-state index in [2.05, 4.69) is 25.2 Å². The van der Waals surface area contributed by atoms with Crippen LogP contribution in [0.25, 0.3) is 0 Å². The molecule has 0 aromatic heterocycles. The zero-order valence-corrected chi connectivity index (χ0v) is 10.4. The fourth-order valence-electron chi connectivity index (χ4n) is 1.41. The molecular formula is C14H18N2O. The molecule has 1 rings (SSSR count). The first-order valence-corrected chi connectivity index (χ1v) is 5.87. The van der Waals surface area contributed by atoms with E-state index in [1.165, 1.54) is 0 Å². The lowest BCUT2D eigenvalue weighted by Crippen LogP contribution is -2.22. The maximum Gasteiger partial charge on any atom is 0.220 e. The molecule has 0 spiro atoms. The quantitative estimate of drug-likeness (QED) is 0.845. The van der Waals surface area contributed by atoms with E-state index in [9.17, 15) is 4.79 Å². The molecule has 1 aromatic rings. The molecule has 0 saturated heterocycles. The molecule has 1 N–H and O–H groups in total. The number of benzene rings is 1. The lowest BCUT2D eigenvalue weighted by Gasteiger charge is -2.06. The summed E-state index contributed by atoms with van der Waals surface area (Å²) in [6.45, 7) is 4.74. The summed E-state index contributed by atoms with van der Waals surface area (Å²) < 4.78 is 0. The molecule has 0 bridgehead atoms. The van der Waals surface area contributed by atoms with Gasteiger partial charge in [0.1, 0.15) is 0 Å². The Morgan fingerprint density at radius 1 is 1.35 bits per heavy atom. The van der Waals surface area contributed by atoms with E-state index in [0.29, 0.717) is 24.4 Å². The maximum absolute atomic E-state index is 11.5. The van der Waals surface area contributed by atoms with Crippen molar-refractivity contribution in [2.24, 2.45) is 5.92 Å². The van der Waals surface area contributed by atoms with Crippen LogP contribution in [0.15, 0.2) is 24.3 Å². The van der Waals surface area contributed by atoms with Crippen LogP contribution in [0.2, 0.25) is 0 Å². The zero-order chi connectivity index (χ0) is 12.7. The first-order chi connectivity index (χ1) is 8.11. The van der Waals surface area contributed by atoms with Gasteiger partial charge in [0.2, 0.25) is 5.91 Å². The lowest BCUT2D eigenvalue weighted by molar-refractivity contribution is -0.121. The molecule has 90 valence electrons. The molecule has 0 fully saturated rings. The van der Waals surface area contributed by atoms with Gasteiger partial charge in [0.25, 0.3) is 0 Å². The summed E-state index contributed by atoms with van der Waals surface area (Å²) in [4.78, 5) is 11.5. The summed E-state index contributed by atoms with van der Waals surface area (Å²) in [6, 6.07) is 9.31. The van der Waals surface area contributed by atoms with Crippen LogP contribution in [-0.2, 0) is 11.3 Å². The fraction of sp³-hybridized carbons (Fsp3) is 0.429. The maximum atomic E-state index is 11.5. The molecule has 0 aliphatic carbocycles. The summed E-state index contributed by atoms with van der Waals surface area (Å²) in [5, 5.41) is 11.5. The minimum atomic E-state index is 0.0862. The van der Waals surface area contributed by atoms with E-state index in [4.69, 9.17) is 5.26 Å². The molecule has 17 heavy (non-hydrogen) atoms. The number of nitrogens with one attached hydrogen (secondary N) is 1. The minimum Gasteiger partial charge on any atom is -0.352 e. The number of rotatable bonds is 5. The smallest absolute Gasteiger partial charge is 0.220 e. The second kappa shape index (κ2) is 6.70. The predicted octanol–water partition coefficient (Wildman–Crippen LogP) is 2.61. The van der Waals surface area contributed by atoms with Gasteiger partial charge in [-0.15, -0.1) is 0 Å². The van der Waals surface area contributed by atoms with Crippen LogP contribution in [0.3, 0.4) is 0 Å². The molecule has 3 heteroatoms. The second-order valence-electron chi connectivity index (χ2n) is 4.52.